The van der Waals surface area contributed by atoms with E-state index >= 15 is 0 Å². The number of carbonyl (C=O) groups excluding carboxylic acids is 1. The molecule has 168 valence electrons. The number of benzene rings is 1. The summed E-state index contributed by atoms with van der Waals surface area (Å²) in [5, 5.41) is 2.87. The summed E-state index contributed by atoms with van der Waals surface area (Å²) in [6.45, 7) is 6.77. The topological polar surface area (TPSA) is 105 Å². The SMILES string of the molecule is Cc1ccc(S(=O)(=O)N(C)Cc2ncc(C(=O)NCCCN3CCOCC3)cn2)cc1. The fourth-order valence-corrected chi connectivity index (χ4v) is 4.28. The molecule has 1 aliphatic rings. The highest BCUT2D eigenvalue weighted by atomic mass is 32.2. The fraction of sp³-hybridized carbons (Fsp3) is 0.476. The largest absolute Gasteiger partial charge is 0.379 e. The number of aromatic nitrogens is 2. The second-order valence-electron chi connectivity index (χ2n) is 7.53. The molecule has 0 unspecified atom stereocenters. The van der Waals surface area contributed by atoms with Crippen molar-refractivity contribution in [2.75, 3.05) is 46.4 Å². The molecule has 1 aromatic heterocycles. The predicted octanol–water partition coefficient (Wildman–Crippen LogP) is 1.06. The number of sulfonamides is 1. The minimum atomic E-state index is -3.64. The van der Waals surface area contributed by atoms with Crippen molar-refractivity contribution in [2.45, 2.75) is 24.8 Å². The van der Waals surface area contributed by atoms with Crippen LogP contribution in [0.4, 0.5) is 0 Å². The number of nitrogens with one attached hydrogen (secondary N) is 1. The van der Waals surface area contributed by atoms with Crippen LogP contribution in [0.1, 0.15) is 28.2 Å². The van der Waals surface area contributed by atoms with Gasteiger partial charge in [-0.2, -0.15) is 4.31 Å². The van der Waals surface area contributed by atoms with Gasteiger partial charge < -0.3 is 10.1 Å². The van der Waals surface area contributed by atoms with Gasteiger partial charge in [-0.25, -0.2) is 18.4 Å². The van der Waals surface area contributed by atoms with Crippen LogP contribution in [0, 0.1) is 6.92 Å². The van der Waals surface area contributed by atoms with Crippen LogP contribution in [0.3, 0.4) is 0 Å². The monoisotopic (exact) mass is 447 g/mol. The van der Waals surface area contributed by atoms with Gasteiger partial charge in [-0.05, 0) is 32.0 Å². The Bertz CT molecular complexity index is 958. The van der Waals surface area contributed by atoms with E-state index in [-0.39, 0.29) is 17.3 Å². The third-order valence-corrected chi connectivity index (χ3v) is 6.92. The van der Waals surface area contributed by atoms with Gasteiger partial charge >= 0.3 is 0 Å². The summed E-state index contributed by atoms with van der Waals surface area (Å²) >= 11 is 0. The summed E-state index contributed by atoms with van der Waals surface area (Å²) in [5.74, 6) is 0.0798. The van der Waals surface area contributed by atoms with Gasteiger partial charge in [-0.15, -0.1) is 0 Å². The van der Waals surface area contributed by atoms with Gasteiger partial charge in [0.2, 0.25) is 10.0 Å². The summed E-state index contributed by atoms with van der Waals surface area (Å²) in [7, 11) is -2.16. The first kappa shape index (κ1) is 23.3. The molecule has 0 saturated carbocycles. The summed E-state index contributed by atoms with van der Waals surface area (Å²) in [6.07, 6.45) is 3.70. The molecule has 3 rings (SSSR count). The van der Waals surface area contributed by atoms with E-state index < -0.39 is 10.0 Å². The number of hydrogen-bond acceptors (Lipinski definition) is 7. The van der Waals surface area contributed by atoms with Crippen LogP contribution in [-0.4, -0.2) is 79.9 Å². The average Bonchev–Trinajstić information content (AvgIpc) is 2.78. The Hall–Kier alpha value is -2.40. The maximum Gasteiger partial charge on any atom is 0.254 e. The Balaban J connectivity index is 1.48. The molecule has 2 aromatic rings. The van der Waals surface area contributed by atoms with Gasteiger partial charge in [0.1, 0.15) is 5.82 Å². The molecule has 0 atom stereocenters. The van der Waals surface area contributed by atoms with Gasteiger partial charge in [-0.1, -0.05) is 17.7 Å². The van der Waals surface area contributed by atoms with Gasteiger partial charge in [-0.3, -0.25) is 9.69 Å². The Morgan fingerprint density at radius 1 is 1.16 bits per heavy atom. The average molecular weight is 448 g/mol. The highest BCUT2D eigenvalue weighted by Crippen LogP contribution is 2.16. The van der Waals surface area contributed by atoms with Crippen LogP contribution >= 0.6 is 0 Å². The predicted molar refractivity (Wildman–Crippen MR) is 116 cm³/mol. The molecule has 2 heterocycles. The molecule has 1 fully saturated rings. The highest BCUT2D eigenvalue weighted by Gasteiger charge is 2.21. The van der Waals surface area contributed by atoms with Crippen molar-refractivity contribution in [1.29, 1.82) is 0 Å². The van der Waals surface area contributed by atoms with Gasteiger partial charge in [0.25, 0.3) is 5.91 Å². The van der Waals surface area contributed by atoms with Crippen molar-refractivity contribution >= 4 is 15.9 Å². The van der Waals surface area contributed by atoms with Crippen molar-refractivity contribution < 1.29 is 17.9 Å². The maximum atomic E-state index is 12.7. The number of carbonyl (C=O) groups is 1. The first-order valence-corrected chi connectivity index (χ1v) is 11.7. The van der Waals surface area contributed by atoms with Crippen LogP contribution in [-0.2, 0) is 21.3 Å². The Morgan fingerprint density at radius 3 is 2.45 bits per heavy atom. The van der Waals surface area contributed by atoms with E-state index in [0.717, 1.165) is 44.8 Å². The van der Waals surface area contributed by atoms with Gasteiger partial charge in [0, 0.05) is 39.1 Å². The number of amides is 1. The number of aryl methyl sites for hydroxylation is 1. The zero-order valence-corrected chi connectivity index (χ0v) is 18.8. The number of hydrogen-bond donors (Lipinski definition) is 1. The molecule has 1 saturated heterocycles. The number of nitrogens with zero attached hydrogens (tertiary/aromatic N) is 4. The fourth-order valence-electron chi connectivity index (χ4n) is 3.16. The lowest BCUT2D eigenvalue weighted by Crippen LogP contribution is -2.38. The Labute approximate surface area is 183 Å². The van der Waals surface area contributed by atoms with Crippen LogP contribution in [0.15, 0.2) is 41.6 Å². The van der Waals surface area contributed by atoms with Gasteiger partial charge in [0.05, 0.1) is 30.2 Å². The molecular weight excluding hydrogens is 418 g/mol. The molecule has 0 radical (unpaired) electrons. The zero-order chi connectivity index (χ0) is 22.3. The molecule has 31 heavy (non-hydrogen) atoms. The minimum Gasteiger partial charge on any atom is -0.379 e. The quantitative estimate of drug-likeness (QED) is 0.573. The molecule has 1 amide bonds. The van der Waals surface area contributed by atoms with Crippen molar-refractivity contribution in [3.8, 4) is 0 Å². The molecular formula is C21H29N5O4S. The van der Waals surface area contributed by atoms with E-state index in [0.29, 0.717) is 17.9 Å². The molecule has 0 spiro atoms. The third kappa shape index (κ3) is 6.54. The van der Waals surface area contributed by atoms with E-state index in [1.54, 1.807) is 24.3 Å². The summed E-state index contributed by atoms with van der Waals surface area (Å²) in [6, 6.07) is 6.67. The number of ether oxygens (including phenoxy) is 1. The second-order valence-corrected chi connectivity index (χ2v) is 9.57. The maximum absolute atomic E-state index is 12.7. The van der Waals surface area contributed by atoms with E-state index in [1.807, 2.05) is 6.92 Å². The Morgan fingerprint density at radius 2 is 1.81 bits per heavy atom. The van der Waals surface area contributed by atoms with Crippen LogP contribution in [0.25, 0.3) is 0 Å². The third-order valence-electron chi connectivity index (χ3n) is 5.10. The molecule has 1 aliphatic heterocycles. The zero-order valence-electron chi connectivity index (χ0n) is 18.0. The summed E-state index contributed by atoms with van der Waals surface area (Å²) in [4.78, 5) is 23.1. The van der Waals surface area contributed by atoms with Crippen LogP contribution < -0.4 is 5.32 Å². The molecule has 1 N–H and O–H groups in total. The second kappa shape index (κ2) is 10.8. The summed E-state index contributed by atoms with van der Waals surface area (Å²) in [5.41, 5.74) is 1.33. The van der Waals surface area contributed by atoms with Crippen LogP contribution in [0.2, 0.25) is 0 Å². The lowest BCUT2D eigenvalue weighted by Gasteiger charge is -2.26. The lowest BCUT2D eigenvalue weighted by molar-refractivity contribution is 0.0374. The smallest absolute Gasteiger partial charge is 0.254 e. The van der Waals surface area contributed by atoms with E-state index in [1.165, 1.54) is 23.7 Å². The van der Waals surface area contributed by atoms with Gasteiger partial charge in [0.15, 0.2) is 0 Å². The van der Waals surface area contributed by atoms with E-state index in [2.05, 4.69) is 20.2 Å². The summed E-state index contributed by atoms with van der Waals surface area (Å²) < 4.78 is 31.9. The van der Waals surface area contributed by atoms with E-state index in [4.69, 9.17) is 4.74 Å². The molecule has 0 bridgehead atoms. The molecule has 9 nitrogen and oxygen atoms in total. The van der Waals surface area contributed by atoms with Crippen LogP contribution in [0.5, 0.6) is 0 Å². The lowest BCUT2D eigenvalue weighted by atomic mass is 10.2. The number of morpholine rings is 1. The Kier molecular flexibility index (Phi) is 8.08. The van der Waals surface area contributed by atoms with Crippen molar-refractivity contribution in [3.05, 3.63) is 53.6 Å². The first-order valence-electron chi connectivity index (χ1n) is 10.3. The molecule has 1 aromatic carbocycles. The minimum absolute atomic E-state index is 0.0116. The molecule has 0 aliphatic carbocycles. The van der Waals surface area contributed by atoms with Crippen molar-refractivity contribution in [2.24, 2.45) is 0 Å². The van der Waals surface area contributed by atoms with E-state index in [9.17, 15) is 13.2 Å². The van der Waals surface area contributed by atoms with Crippen molar-refractivity contribution in [1.82, 2.24) is 24.5 Å². The standard InChI is InChI=1S/C21H29N5O4S/c1-17-4-6-19(7-5-17)31(28,29)25(2)16-20-23-14-18(15-24-20)21(27)22-8-3-9-26-10-12-30-13-11-26/h4-7,14-15H,3,8-13,16H2,1-2H3,(H,22,27). The highest BCUT2D eigenvalue weighted by molar-refractivity contribution is 7.89. The first-order chi connectivity index (χ1) is 14.9. The number of rotatable bonds is 9. The molecule has 10 heteroatoms. The van der Waals surface area contributed by atoms with Crippen molar-refractivity contribution in [3.63, 3.8) is 0 Å². The normalized spacial score (nSPS) is 15.2.